The Morgan fingerprint density at radius 2 is 0.700 bits per heavy atom. The van der Waals surface area contributed by atoms with Crippen LogP contribution < -0.4 is 0 Å². The van der Waals surface area contributed by atoms with E-state index in [4.69, 9.17) is 23.2 Å². The molecular weight excluding hydrogens is 499 g/mol. The van der Waals surface area contributed by atoms with E-state index >= 15 is 0 Å². The molecular formula is C18H8Cl2N6S4. The molecule has 0 saturated carbocycles. The molecule has 0 aliphatic heterocycles. The Bertz CT molecular complexity index is 1330. The molecule has 0 amide bonds. The normalized spacial score (nSPS) is 11.0. The molecule has 3 heterocycles. The molecule has 12 heteroatoms. The van der Waals surface area contributed by atoms with E-state index in [1.165, 1.54) is 45.3 Å². The van der Waals surface area contributed by atoms with Crippen LogP contribution in [0.5, 0.6) is 0 Å². The summed E-state index contributed by atoms with van der Waals surface area (Å²) in [6, 6.07) is 15.7. The standard InChI is InChI=1S/C18H8Cl2N6S4/c19-13-21-15-25-17(23-13)29-11-7-3-4-8-12(11)30-18-24-14(20)22-16(26-18)28-10-6-2-1-5-9(10)27-15/h1-8H. The molecule has 0 N–H and O–H groups in total. The lowest BCUT2D eigenvalue weighted by molar-refractivity contribution is 1.19. The SMILES string of the molecule is Clc1nc2nc(n1)sc1ccccc1sc1nc(Cl)nc(n1)sc1ccccc1s2. The zero-order valence-electron chi connectivity index (χ0n) is 14.7. The maximum absolute atomic E-state index is 6.19. The lowest BCUT2D eigenvalue weighted by Crippen LogP contribution is -1.85. The van der Waals surface area contributed by atoms with Crippen molar-refractivity contribution < 1.29 is 0 Å². The molecule has 0 aliphatic carbocycles. The van der Waals surface area contributed by atoms with Gasteiger partial charge in [0.25, 0.3) is 0 Å². The third-order valence-electron chi connectivity index (χ3n) is 3.64. The van der Waals surface area contributed by atoms with Crippen molar-refractivity contribution in [2.75, 3.05) is 0 Å². The Morgan fingerprint density at radius 1 is 0.433 bits per heavy atom. The topological polar surface area (TPSA) is 77.3 Å². The van der Waals surface area contributed by atoms with Crippen LogP contribution >= 0.6 is 68.5 Å². The van der Waals surface area contributed by atoms with Crippen LogP contribution in [0.3, 0.4) is 0 Å². The van der Waals surface area contributed by atoms with E-state index in [-0.39, 0.29) is 10.6 Å². The Kier molecular flexibility index (Phi) is 5.68. The number of benzene rings is 2. The van der Waals surface area contributed by atoms with Crippen LogP contribution in [0.4, 0.5) is 0 Å². The van der Waals surface area contributed by atoms with Crippen molar-refractivity contribution in [1.82, 2.24) is 29.9 Å². The lowest BCUT2D eigenvalue weighted by Gasteiger charge is -1.96. The fourth-order valence-electron chi connectivity index (χ4n) is 2.44. The molecule has 3 aromatic heterocycles. The van der Waals surface area contributed by atoms with E-state index in [9.17, 15) is 0 Å². The zero-order chi connectivity index (χ0) is 20.5. The summed E-state index contributed by atoms with van der Waals surface area (Å²) in [5, 5.41) is 0.304. The van der Waals surface area contributed by atoms with Gasteiger partial charge in [0.15, 0.2) is 0 Å². The molecule has 0 spiro atoms. The van der Waals surface area contributed by atoms with Gasteiger partial charge in [-0.1, -0.05) is 69.6 Å². The number of halogens is 2. The monoisotopic (exact) mass is 506 g/mol. The molecule has 5 aromatic rings. The number of fused-ring (bicyclic) bond motifs is 6. The number of hydrogen-bond acceptors (Lipinski definition) is 10. The molecule has 148 valence electrons. The Hall–Kier alpha value is -2.08. The van der Waals surface area contributed by atoms with E-state index in [2.05, 4.69) is 29.9 Å². The van der Waals surface area contributed by atoms with Crippen LogP contribution in [0.25, 0.3) is 38.6 Å². The van der Waals surface area contributed by atoms with Gasteiger partial charge in [0.2, 0.25) is 30.4 Å². The highest BCUT2D eigenvalue weighted by atomic mass is 35.5. The third kappa shape index (κ3) is 4.48. The Balaban J connectivity index is 2.04. The minimum atomic E-state index is 0.152. The molecule has 30 heavy (non-hydrogen) atoms. The predicted molar refractivity (Wildman–Crippen MR) is 129 cm³/mol. The fourth-order valence-corrected chi connectivity index (χ4v) is 6.68. The van der Waals surface area contributed by atoms with Gasteiger partial charge in [-0.05, 0) is 47.5 Å². The van der Waals surface area contributed by atoms with E-state index in [0.29, 0.717) is 19.8 Å². The van der Waals surface area contributed by atoms with Crippen molar-refractivity contribution in [3.63, 3.8) is 0 Å². The van der Waals surface area contributed by atoms with Gasteiger partial charge in [0.1, 0.15) is 0 Å². The molecule has 6 nitrogen and oxygen atoms in total. The van der Waals surface area contributed by atoms with E-state index < -0.39 is 0 Å². The molecule has 0 fully saturated rings. The van der Waals surface area contributed by atoms with Crippen LogP contribution in [0.2, 0.25) is 10.6 Å². The second kappa shape index (κ2) is 8.58. The van der Waals surface area contributed by atoms with Crippen LogP contribution in [-0.4, -0.2) is 29.9 Å². The van der Waals surface area contributed by atoms with Gasteiger partial charge < -0.3 is 0 Å². The number of aromatic nitrogens is 6. The summed E-state index contributed by atoms with van der Waals surface area (Å²) < 4.78 is 3.79. The van der Waals surface area contributed by atoms with Gasteiger partial charge in [0, 0.05) is 18.8 Å². The van der Waals surface area contributed by atoms with E-state index in [0.717, 1.165) is 18.8 Å². The first-order valence-corrected chi connectivity index (χ1v) is 12.4. The van der Waals surface area contributed by atoms with Gasteiger partial charge >= 0.3 is 0 Å². The second-order valence-electron chi connectivity index (χ2n) is 5.64. The highest BCUT2D eigenvalue weighted by molar-refractivity contribution is 7.30. The Labute approximate surface area is 195 Å². The molecule has 4 bridgehead atoms. The smallest absolute Gasteiger partial charge is 0.189 e. The molecule has 2 aromatic carbocycles. The van der Waals surface area contributed by atoms with E-state index in [1.54, 1.807) is 0 Å². The molecule has 0 atom stereocenters. The fraction of sp³-hybridized carbons (Fsp3) is 0. The second-order valence-corrected chi connectivity index (χ2v) is 10.4. The molecule has 0 unspecified atom stereocenters. The van der Waals surface area contributed by atoms with Gasteiger partial charge in [-0.25, -0.2) is 0 Å². The summed E-state index contributed by atoms with van der Waals surface area (Å²) in [6.07, 6.45) is 0. The summed E-state index contributed by atoms with van der Waals surface area (Å²) in [5.41, 5.74) is 0. The van der Waals surface area contributed by atoms with Crippen LogP contribution in [0, 0.1) is 0 Å². The Morgan fingerprint density at radius 3 is 0.967 bits per heavy atom. The van der Waals surface area contributed by atoms with Crippen molar-refractivity contribution in [1.29, 1.82) is 0 Å². The van der Waals surface area contributed by atoms with E-state index in [1.807, 2.05) is 48.5 Å². The third-order valence-corrected chi connectivity index (χ3v) is 8.00. The number of hydrogen-bond donors (Lipinski definition) is 0. The summed E-state index contributed by atoms with van der Waals surface area (Å²) in [7, 11) is 0. The van der Waals surface area contributed by atoms with Gasteiger partial charge in [-0.2, -0.15) is 29.9 Å². The first-order chi connectivity index (χ1) is 14.6. The van der Waals surface area contributed by atoms with Crippen molar-refractivity contribution in [2.24, 2.45) is 0 Å². The molecule has 0 radical (unpaired) electrons. The summed E-state index contributed by atoms with van der Waals surface area (Å²) in [6.45, 7) is 0. The maximum Gasteiger partial charge on any atom is 0.227 e. The summed E-state index contributed by atoms with van der Waals surface area (Å²) >= 11 is 18.0. The first-order valence-electron chi connectivity index (χ1n) is 8.35. The van der Waals surface area contributed by atoms with Crippen LogP contribution in [0.1, 0.15) is 0 Å². The van der Waals surface area contributed by atoms with Crippen LogP contribution in [-0.2, 0) is 0 Å². The molecule has 0 aliphatic rings. The maximum atomic E-state index is 6.19. The van der Waals surface area contributed by atoms with Crippen molar-refractivity contribution in [3.05, 3.63) is 59.1 Å². The van der Waals surface area contributed by atoms with Gasteiger partial charge in [-0.15, -0.1) is 0 Å². The van der Waals surface area contributed by atoms with Crippen LogP contribution in [0.15, 0.2) is 48.5 Å². The average Bonchev–Trinajstić information content (AvgIpc) is 2.70. The largest absolute Gasteiger partial charge is 0.227 e. The predicted octanol–water partition coefficient (Wildman–Crippen LogP) is 7.03. The highest BCUT2D eigenvalue weighted by Gasteiger charge is 2.02. The average molecular weight is 507 g/mol. The highest BCUT2D eigenvalue weighted by Crippen LogP contribution is 2.26. The van der Waals surface area contributed by atoms with Crippen molar-refractivity contribution >= 4 is 107 Å². The quantitative estimate of drug-likeness (QED) is 0.224. The van der Waals surface area contributed by atoms with Crippen molar-refractivity contribution in [2.45, 2.75) is 0 Å². The van der Waals surface area contributed by atoms with Crippen molar-refractivity contribution in [3.8, 4) is 0 Å². The number of nitrogens with zero attached hydrogens (tertiary/aromatic N) is 6. The zero-order valence-corrected chi connectivity index (χ0v) is 19.5. The summed E-state index contributed by atoms with van der Waals surface area (Å²) in [4.78, 5) is 28.4. The minimum absolute atomic E-state index is 0.152. The minimum Gasteiger partial charge on any atom is -0.189 e. The lowest BCUT2D eigenvalue weighted by atomic mass is 10.4. The summed E-state index contributed by atoms with van der Waals surface area (Å²) in [5.74, 6) is 0. The first kappa shape index (κ1) is 19.9. The van der Waals surface area contributed by atoms with Gasteiger partial charge in [0.05, 0.1) is 0 Å². The molecule has 5 rings (SSSR count). The van der Waals surface area contributed by atoms with Gasteiger partial charge in [-0.3, -0.25) is 0 Å². The molecule has 0 saturated heterocycles. The number of rotatable bonds is 0.